The van der Waals surface area contributed by atoms with Gasteiger partial charge in [-0.15, -0.1) is 5.10 Å². The van der Waals surface area contributed by atoms with Gasteiger partial charge in [-0.2, -0.15) is 10.1 Å². The number of hydrogen-bond acceptors (Lipinski definition) is 4. The fourth-order valence-electron chi connectivity index (χ4n) is 1.66. The van der Waals surface area contributed by atoms with Crippen LogP contribution in [0.1, 0.15) is 0 Å². The summed E-state index contributed by atoms with van der Waals surface area (Å²) in [5, 5.41) is 13.3. The number of amides is 2. The number of carbonyl (C=O) groups excluding carboxylic acids is 1. The van der Waals surface area contributed by atoms with Crippen molar-refractivity contribution in [3.63, 3.8) is 0 Å². The lowest BCUT2D eigenvalue weighted by molar-refractivity contribution is 0.262. The monoisotopic (exact) mass is 335 g/mol. The Bertz CT molecular complexity index is 778. The van der Waals surface area contributed by atoms with Crippen molar-refractivity contribution in [1.29, 1.82) is 0 Å². The molecular formula is C11H10BrN7O. The zero-order valence-electron chi connectivity index (χ0n) is 10.4. The van der Waals surface area contributed by atoms with Crippen molar-refractivity contribution >= 4 is 39.2 Å². The first kappa shape index (κ1) is 12.6. The lowest BCUT2D eigenvalue weighted by Crippen LogP contribution is -2.19. The van der Waals surface area contributed by atoms with E-state index in [1.807, 2.05) is 6.07 Å². The van der Waals surface area contributed by atoms with Crippen LogP contribution in [0, 0.1) is 0 Å². The van der Waals surface area contributed by atoms with Gasteiger partial charge in [-0.3, -0.25) is 10.00 Å². The summed E-state index contributed by atoms with van der Waals surface area (Å²) in [6.07, 6.45) is 4.99. The van der Waals surface area contributed by atoms with Crippen molar-refractivity contribution in [3.8, 4) is 0 Å². The molecule has 0 bridgehead atoms. The Labute approximate surface area is 121 Å². The van der Waals surface area contributed by atoms with Crippen LogP contribution in [0.15, 0.2) is 35.2 Å². The van der Waals surface area contributed by atoms with Gasteiger partial charge in [0.1, 0.15) is 0 Å². The molecule has 2 N–H and O–H groups in total. The van der Waals surface area contributed by atoms with Crippen LogP contribution in [-0.4, -0.2) is 30.4 Å². The molecule has 0 aromatic carbocycles. The van der Waals surface area contributed by atoms with Crippen molar-refractivity contribution in [2.75, 3.05) is 10.6 Å². The third kappa shape index (κ3) is 2.62. The summed E-state index contributed by atoms with van der Waals surface area (Å²) in [7, 11) is 1.77. The Morgan fingerprint density at radius 3 is 2.90 bits per heavy atom. The summed E-state index contributed by atoms with van der Waals surface area (Å²) in [4.78, 5) is 16.0. The second kappa shape index (κ2) is 4.93. The summed E-state index contributed by atoms with van der Waals surface area (Å²) in [5.74, 6) is 0.226. The van der Waals surface area contributed by atoms with Gasteiger partial charge in [-0.1, -0.05) is 0 Å². The Morgan fingerprint density at radius 2 is 2.15 bits per heavy atom. The van der Waals surface area contributed by atoms with Crippen molar-refractivity contribution in [3.05, 3.63) is 35.2 Å². The summed E-state index contributed by atoms with van der Waals surface area (Å²) >= 11 is 3.34. The number of aryl methyl sites for hydroxylation is 1. The van der Waals surface area contributed by atoms with E-state index in [2.05, 4.69) is 41.7 Å². The number of pyridine rings is 1. The number of halogens is 1. The van der Waals surface area contributed by atoms with Crippen LogP contribution in [0.4, 0.5) is 16.4 Å². The van der Waals surface area contributed by atoms with Crippen LogP contribution in [0.2, 0.25) is 0 Å². The number of anilines is 2. The molecule has 0 radical (unpaired) electrons. The highest BCUT2D eigenvalue weighted by atomic mass is 79.9. The fraction of sp³-hybridized carbons (Fsp3) is 0.0909. The highest BCUT2D eigenvalue weighted by molar-refractivity contribution is 9.10. The third-order valence-corrected chi connectivity index (χ3v) is 2.95. The Balaban J connectivity index is 1.73. The van der Waals surface area contributed by atoms with Crippen LogP contribution >= 0.6 is 15.9 Å². The zero-order chi connectivity index (χ0) is 14.1. The Morgan fingerprint density at radius 1 is 1.30 bits per heavy atom. The maximum atomic E-state index is 11.8. The van der Waals surface area contributed by atoms with E-state index in [0.717, 1.165) is 4.47 Å². The van der Waals surface area contributed by atoms with E-state index < -0.39 is 6.03 Å². The van der Waals surface area contributed by atoms with Crippen LogP contribution in [0.25, 0.3) is 5.65 Å². The normalized spacial score (nSPS) is 10.7. The molecule has 0 aliphatic heterocycles. The van der Waals surface area contributed by atoms with E-state index in [1.165, 1.54) is 0 Å². The number of aromatic nitrogens is 5. The lowest BCUT2D eigenvalue weighted by atomic mass is 10.5. The fourth-order valence-corrected chi connectivity index (χ4v) is 1.99. The summed E-state index contributed by atoms with van der Waals surface area (Å²) in [6.45, 7) is 0. The quantitative estimate of drug-likeness (QED) is 0.748. The van der Waals surface area contributed by atoms with Gasteiger partial charge in [0, 0.05) is 23.9 Å². The van der Waals surface area contributed by atoms with Gasteiger partial charge in [0.2, 0.25) is 0 Å². The molecule has 0 aliphatic rings. The summed E-state index contributed by atoms with van der Waals surface area (Å²) in [5.41, 5.74) is 1.24. The predicted octanol–water partition coefficient (Wildman–Crippen LogP) is 1.87. The largest absolute Gasteiger partial charge is 0.326 e. The van der Waals surface area contributed by atoms with E-state index in [1.54, 1.807) is 40.9 Å². The van der Waals surface area contributed by atoms with Crippen molar-refractivity contribution in [2.45, 2.75) is 0 Å². The maximum absolute atomic E-state index is 11.8. The van der Waals surface area contributed by atoms with E-state index in [4.69, 9.17) is 0 Å². The van der Waals surface area contributed by atoms with E-state index in [-0.39, 0.29) is 5.95 Å². The van der Waals surface area contributed by atoms with Crippen molar-refractivity contribution in [1.82, 2.24) is 24.4 Å². The summed E-state index contributed by atoms with van der Waals surface area (Å²) < 4.78 is 4.04. The molecule has 2 amide bonds. The van der Waals surface area contributed by atoms with E-state index in [9.17, 15) is 4.79 Å². The minimum Gasteiger partial charge on any atom is -0.305 e. The minimum absolute atomic E-state index is 0.226. The molecule has 3 heterocycles. The topological polar surface area (TPSA) is 89.1 Å². The molecule has 9 heteroatoms. The van der Waals surface area contributed by atoms with Crippen LogP contribution in [0.3, 0.4) is 0 Å². The SMILES string of the molecule is Cn1cc(NC(=O)Nc2nc3ccc(Br)cn3n2)cn1. The lowest BCUT2D eigenvalue weighted by Gasteiger charge is -2.00. The zero-order valence-corrected chi connectivity index (χ0v) is 12.0. The molecule has 0 unspecified atom stereocenters. The van der Waals surface area contributed by atoms with Crippen LogP contribution in [0.5, 0.6) is 0 Å². The highest BCUT2D eigenvalue weighted by Gasteiger charge is 2.08. The molecule has 20 heavy (non-hydrogen) atoms. The molecular weight excluding hydrogens is 326 g/mol. The first-order chi connectivity index (χ1) is 9.60. The van der Waals surface area contributed by atoms with Gasteiger partial charge in [-0.05, 0) is 28.1 Å². The van der Waals surface area contributed by atoms with Gasteiger partial charge < -0.3 is 5.32 Å². The molecule has 0 fully saturated rings. The molecule has 0 saturated heterocycles. The van der Waals surface area contributed by atoms with Crippen molar-refractivity contribution < 1.29 is 4.79 Å². The average Bonchev–Trinajstić information content (AvgIpc) is 2.94. The van der Waals surface area contributed by atoms with E-state index in [0.29, 0.717) is 11.3 Å². The molecule has 0 spiro atoms. The first-order valence-corrected chi connectivity index (χ1v) is 6.48. The second-order valence-electron chi connectivity index (χ2n) is 4.07. The smallest absolute Gasteiger partial charge is 0.305 e. The van der Waals surface area contributed by atoms with Gasteiger partial charge in [0.15, 0.2) is 5.65 Å². The van der Waals surface area contributed by atoms with Gasteiger partial charge in [0.25, 0.3) is 5.95 Å². The molecule has 102 valence electrons. The maximum Gasteiger partial charge on any atom is 0.326 e. The number of rotatable bonds is 2. The highest BCUT2D eigenvalue weighted by Crippen LogP contribution is 2.12. The Kier molecular flexibility index (Phi) is 3.11. The number of carbonyl (C=O) groups is 1. The average molecular weight is 336 g/mol. The number of urea groups is 1. The summed E-state index contributed by atoms with van der Waals surface area (Å²) in [6, 6.07) is 3.22. The number of fused-ring (bicyclic) bond motifs is 1. The first-order valence-electron chi connectivity index (χ1n) is 5.69. The molecule has 3 aromatic rings. The standard InChI is InChI=1S/C11H10BrN7O/c1-18-6-8(4-13-18)14-11(20)16-10-15-9-3-2-7(12)5-19(9)17-10/h2-6H,1H3,(H2,14,16,17,20). The predicted molar refractivity (Wildman–Crippen MR) is 76.5 cm³/mol. The molecule has 8 nitrogen and oxygen atoms in total. The molecule has 0 atom stereocenters. The van der Waals surface area contributed by atoms with Crippen LogP contribution in [-0.2, 0) is 7.05 Å². The van der Waals surface area contributed by atoms with Crippen molar-refractivity contribution in [2.24, 2.45) is 7.05 Å². The molecule has 0 saturated carbocycles. The van der Waals surface area contributed by atoms with Gasteiger partial charge in [-0.25, -0.2) is 9.31 Å². The third-order valence-electron chi connectivity index (χ3n) is 2.48. The second-order valence-corrected chi connectivity index (χ2v) is 4.98. The van der Waals surface area contributed by atoms with Gasteiger partial charge >= 0.3 is 6.03 Å². The number of nitrogens with zero attached hydrogens (tertiary/aromatic N) is 5. The molecule has 3 aromatic heterocycles. The molecule has 0 aliphatic carbocycles. The number of hydrogen-bond donors (Lipinski definition) is 2. The van der Waals surface area contributed by atoms with Crippen LogP contribution < -0.4 is 10.6 Å². The number of nitrogens with one attached hydrogen (secondary N) is 2. The Hall–Kier alpha value is -2.42. The van der Waals surface area contributed by atoms with E-state index >= 15 is 0 Å². The minimum atomic E-state index is -0.423. The van der Waals surface area contributed by atoms with Gasteiger partial charge in [0.05, 0.1) is 11.9 Å². The molecule has 3 rings (SSSR count).